The largest absolute Gasteiger partial charge is 0.478 e. The predicted octanol–water partition coefficient (Wildman–Crippen LogP) is 1.33. The van der Waals surface area contributed by atoms with Crippen molar-refractivity contribution >= 4 is 36.4 Å². The van der Waals surface area contributed by atoms with Crippen molar-refractivity contribution in [1.29, 1.82) is 0 Å². The highest BCUT2D eigenvalue weighted by Gasteiger charge is 2.05. The fourth-order valence-electron chi connectivity index (χ4n) is 1.27. The zero-order chi connectivity index (χ0) is 10.1. The van der Waals surface area contributed by atoms with Gasteiger partial charge in [-0.15, -0.1) is 24.8 Å². The highest BCUT2D eigenvalue weighted by atomic mass is 35.5. The first-order chi connectivity index (χ1) is 6.70. The van der Waals surface area contributed by atoms with E-state index in [4.69, 9.17) is 10.8 Å². The van der Waals surface area contributed by atoms with E-state index in [-0.39, 0.29) is 30.4 Å². The molecule has 0 aliphatic carbocycles. The summed E-state index contributed by atoms with van der Waals surface area (Å²) in [6.45, 7) is 0.351. The molecule has 0 aliphatic heterocycles. The molecule has 0 aliphatic rings. The number of aromatic nitrogens is 2. The standard InChI is InChI=1S/C9H9N3O2.2ClH/c10-4-7-5-12-2-1-6(9(13)14)3-8(12)11-7;;/h1-3,5H,4,10H2,(H,13,14);2*1H. The fourth-order valence-corrected chi connectivity index (χ4v) is 1.27. The number of imidazole rings is 1. The number of hydrogen-bond donors (Lipinski definition) is 2. The molecule has 0 saturated carbocycles. The summed E-state index contributed by atoms with van der Waals surface area (Å²) >= 11 is 0. The zero-order valence-electron chi connectivity index (χ0n) is 8.16. The van der Waals surface area contributed by atoms with E-state index in [1.807, 2.05) is 0 Å². The SMILES string of the molecule is Cl.Cl.NCc1cn2ccc(C(=O)O)cc2n1. The van der Waals surface area contributed by atoms with E-state index in [1.165, 1.54) is 12.1 Å². The van der Waals surface area contributed by atoms with E-state index in [2.05, 4.69) is 4.98 Å². The lowest BCUT2D eigenvalue weighted by Gasteiger charge is -1.94. The van der Waals surface area contributed by atoms with Crippen molar-refractivity contribution in [2.75, 3.05) is 0 Å². The van der Waals surface area contributed by atoms with Gasteiger partial charge in [0.05, 0.1) is 11.3 Å². The first kappa shape index (κ1) is 14.7. The average molecular weight is 264 g/mol. The maximum atomic E-state index is 10.7. The molecule has 2 aromatic heterocycles. The Labute approximate surface area is 104 Å². The van der Waals surface area contributed by atoms with Crippen LogP contribution in [-0.2, 0) is 6.54 Å². The van der Waals surface area contributed by atoms with Crippen molar-refractivity contribution in [2.24, 2.45) is 5.73 Å². The Morgan fingerprint density at radius 1 is 1.50 bits per heavy atom. The third kappa shape index (κ3) is 2.63. The minimum Gasteiger partial charge on any atom is -0.478 e. The minimum absolute atomic E-state index is 0. The van der Waals surface area contributed by atoms with Crippen molar-refractivity contribution in [1.82, 2.24) is 9.38 Å². The molecular formula is C9H11Cl2N3O2. The monoisotopic (exact) mass is 263 g/mol. The van der Waals surface area contributed by atoms with E-state index in [1.54, 1.807) is 16.8 Å². The number of nitrogens with zero attached hydrogens (tertiary/aromatic N) is 2. The molecule has 2 heterocycles. The molecule has 0 radical (unpaired) electrons. The van der Waals surface area contributed by atoms with Crippen LogP contribution in [0.5, 0.6) is 0 Å². The van der Waals surface area contributed by atoms with Crippen LogP contribution in [-0.4, -0.2) is 20.5 Å². The molecule has 7 heteroatoms. The molecule has 0 unspecified atom stereocenters. The number of carbonyl (C=O) groups is 1. The van der Waals surface area contributed by atoms with Gasteiger partial charge in [-0.1, -0.05) is 0 Å². The second-order valence-corrected chi connectivity index (χ2v) is 2.92. The molecule has 0 spiro atoms. The summed E-state index contributed by atoms with van der Waals surface area (Å²) in [5.41, 5.74) is 6.99. The van der Waals surface area contributed by atoms with Crippen molar-refractivity contribution in [3.8, 4) is 0 Å². The summed E-state index contributed by atoms with van der Waals surface area (Å²) in [5.74, 6) is -0.954. The third-order valence-electron chi connectivity index (χ3n) is 1.97. The average Bonchev–Trinajstić information content (AvgIpc) is 2.58. The fraction of sp³-hybridized carbons (Fsp3) is 0.111. The van der Waals surface area contributed by atoms with Crippen molar-refractivity contribution in [3.05, 3.63) is 35.8 Å². The Bertz CT molecular complexity index is 498. The van der Waals surface area contributed by atoms with E-state index in [0.717, 1.165) is 5.69 Å². The molecule has 0 amide bonds. The van der Waals surface area contributed by atoms with Crippen LogP contribution in [0.1, 0.15) is 16.1 Å². The molecular weight excluding hydrogens is 253 g/mol. The van der Waals surface area contributed by atoms with Crippen LogP contribution in [0.4, 0.5) is 0 Å². The van der Waals surface area contributed by atoms with Crippen LogP contribution in [0, 0.1) is 0 Å². The highest BCUT2D eigenvalue weighted by Crippen LogP contribution is 2.07. The van der Waals surface area contributed by atoms with Gasteiger partial charge in [0.2, 0.25) is 0 Å². The second kappa shape index (κ2) is 5.69. The van der Waals surface area contributed by atoms with Gasteiger partial charge in [0.25, 0.3) is 0 Å². The third-order valence-corrected chi connectivity index (χ3v) is 1.97. The van der Waals surface area contributed by atoms with Crippen molar-refractivity contribution in [3.63, 3.8) is 0 Å². The molecule has 2 rings (SSSR count). The van der Waals surface area contributed by atoms with Gasteiger partial charge in [-0.2, -0.15) is 0 Å². The summed E-state index contributed by atoms with van der Waals surface area (Å²) in [4.78, 5) is 14.8. The van der Waals surface area contributed by atoms with E-state index < -0.39 is 5.97 Å². The van der Waals surface area contributed by atoms with E-state index in [9.17, 15) is 4.79 Å². The van der Waals surface area contributed by atoms with Crippen LogP contribution in [0.2, 0.25) is 0 Å². The Morgan fingerprint density at radius 2 is 2.19 bits per heavy atom. The van der Waals surface area contributed by atoms with Gasteiger partial charge in [0, 0.05) is 18.9 Å². The number of rotatable bonds is 2. The molecule has 16 heavy (non-hydrogen) atoms. The smallest absolute Gasteiger partial charge is 0.335 e. The molecule has 0 bridgehead atoms. The maximum absolute atomic E-state index is 10.7. The van der Waals surface area contributed by atoms with Crippen LogP contribution >= 0.6 is 24.8 Å². The first-order valence-electron chi connectivity index (χ1n) is 4.11. The van der Waals surface area contributed by atoms with E-state index >= 15 is 0 Å². The summed E-state index contributed by atoms with van der Waals surface area (Å²) in [6.07, 6.45) is 3.44. The van der Waals surface area contributed by atoms with Gasteiger partial charge in [0.1, 0.15) is 5.65 Å². The van der Waals surface area contributed by atoms with Crippen LogP contribution in [0.3, 0.4) is 0 Å². The number of nitrogens with two attached hydrogens (primary N) is 1. The number of fused-ring (bicyclic) bond motifs is 1. The Hall–Kier alpha value is -1.30. The number of aromatic carboxylic acids is 1. The number of halogens is 2. The number of carboxylic acids is 1. The van der Waals surface area contributed by atoms with Gasteiger partial charge in [-0.3, -0.25) is 0 Å². The quantitative estimate of drug-likeness (QED) is 0.857. The number of hydrogen-bond acceptors (Lipinski definition) is 3. The lowest BCUT2D eigenvalue weighted by Crippen LogP contribution is -1.97. The maximum Gasteiger partial charge on any atom is 0.335 e. The summed E-state index contributed by atoms with van der Waals surface area (Å²) in [5, 5.41) is 8.75. The predicted molar refractivity (Wildman–Crippen MR) is 64.5 cm³/mol. The van der Waals surface area contributed by atoms with Crippen LogP contribution in [0.25, 0.3) is 5.65 Å². The van der Waals surface area contributed by atoms with Crippen LogP contribution in [0.15, 0.2) is 24.5 Å². The van der Waals surface area contributed by atoms with Gasteiger partial charge in [-0.05, 0) is 12.1 Å². The van der Waals surface area contributed by atoms with Gasteiger partial charge in [0.15, 0.2) is 0 Å². The van der Waals surface area contributed by atoms with Gasteiger partial charge >= 0.3 is 5.97 Å². The van der Waals surface area contributed by atoms with E-state index in [0.29, 0.717) is 12.2 Å². The number of pyridine rings is 1. The molecule has 3 N–H and O–H groups in total. The molecule has 0 saturated heterocycles. The molecule has 0 fully saturated rings. The number of carboxylic acid groups (broad SMARTS) is 1. The van der Waals surface area contributed by atoms with Crippen molar-refractivity contribution < 1.29 is 9.90 Å². The van der Waals surface area contributed by atoms with Gasteiger partial charge < -0.3 is 15.2 Å². The van der Waals surface area contributed by atoms with Crippen molar-refractivity contribution in [2.45, 2.75) is 6.54 Å². The minimum atomic E-state index is -0.954. The van der Waals surface area contributed by atoms with Gasteiger partial charge in [-0.25, -0.2) is 9.78 Å². The lowest BCUT2D eigenvalue weighted by atomic mass is 10.3. The normalized spacial score (nSPS) is 9.31. The summed E-state index contributed by atoms with van der Waals surface area (Å²) in [6, 6.07) is 3.04. The molecule has 0 atom stereocenters. The topological polar surface area (TPSA) is 80.6 Å². The summed E-state index contributed by atoms with van der Waals surface area (Å²) < 4.78 is 1.74. The van der Waals surface area contributed by atoms with Crippen LogP contribution < -0.4 is 5.73 Å². The Balaban J connectivity index is 0.00000112. The zero-order valence-corrected chi connectivity index (χ0v) is 9.79. The highest BCUT2D eigenvalue weighted by molar-refractivity contribution is 5.88. The Morgan fingerprint density at radius 3 is 2.75 bits per heavy atom. The molecule has 2 aromatic rings. The second-order valence-electron chi connectivity index (χ2n) is 2.92. The lowest BCUT2D eigenvalue weighted by molar-refractivity contribution is 0.0697. The molecule has 0 aromatic carbocycles. The summed E-state index contributed by atoms with van der Waals surface area (Å²) in [7, 11) is 0. The molecule has 5 nitrogen and oxygen atoms in total. The molecule has 88 valence electrons. The first-order valence-corrected chi connectivity index (χ1v) is 4.11. The Kier molecular flexibility index (Phi) is 5.23.